The molecule has 1 aliphatic rings. The summed E-state index contributed by atoms with van der Waals surface area (Å²) in [5.41, 5.74) is 2.55. The van der Waals surface area contributed by atoms with E-state index in [2.05, 4.69) is 50.9 Å². The van der Waals surface area contributed by atoms with E-state index in [1.807, 2.05) is 31.4 Å². The number of aromatic nitrogens is 1. The summed E-state index contributed by atoms with van der Waals surface area (Å²) in [4.78, 5) is 8.73. The maximum atomic E-state index is 5.61. The van der Waals surface area contributed by atoms with Crippen molar-refractivity contribution < 1.29 is 4.74 Å². The van der Waals surface area contributed by atoms with E-state index in [4.69, 9.17) is 4.74 Å². The number of ether oxygens (including phenoxy) is 1. The first-order valence-electron chi connectivity index (χ1n) is 9.30. The maximum absolute atomic E-state index is 5.61. The highest BCUT2D eigenvalue weighted by Crippen LogP contribution is 2.34. The van der Waals surface area contributed by atoms with Crippen molar-refractivity contribution >= 4 is 5.96 Å². The molecule has 1 aliphatic heterocycles. The second kappa shape index (κ2) is 9.34. The summed E-state index contributed by atoms with van der Waals surface area (Å²) in [5.74, 6) is 0.836. The smallest absolute Gasteiger partial charge is 0.191 e. The van der Waals surface area contributed by atoms with Gasteiger partial charge in [-0.15, -0.1) is 0 Å². The minimum Gasteiger partial charge on any atom is -0.381 e. The van der Waals surface area contributed by atoms with Crippen LogP contribution in [-0.2, 0) is 16.6 Å². The summed E-state index contributed by atoms with van der Waals surface area (Å²) in [6.07, 6.45) is 4.75. The lowest BCUT2D eigenvalue weighted by atomic mass is 9.74. The molecule has 1 aromatic heterocycles. The summed E-state index contributed by atoms with van der Waals surface area (Å²) >= 11 is 0. The molecule has 0 spiro atoms. The Hall–Kier alpha value is -2.40. The molecule has 0 aliphatic carbocycles. The van der Waals surface area contributed by atoms with Gasteiger partial charge in [-0.05, 0) is 30.5 Å². The molecule has 5 heteroatoms. The number of hydrogen-bond acceptors (Lipinski definition) is 3. The van der Waals surface area contributed by atoms with Crippen molar-refractivity contribution in [2.75, 3.05) is 33.4 Å². The monoisotopic (exact) mass is 352 g/mol. The third kappa shape index (κ3) is 4.82. The Kier molecular flexibility index (Phi) is 6.61. The van der Waals surface area contributed by atoms with Crippen LogP contribution in [-0.4, -0.2) is 44.3 Å². The van der Waals surface area contributed by atoms with Gasteiger partial charge in [-0.1, -0.05) is 36.4 Å². The van der Waals surface area contributed by atoms with Crippen LogP contribution in [0.1, 0.15) is 24.1 Å². The lowest BCUT2D eigenvalue weighted by Gasteiger charge is -2.38. The van der Waals surface area contributed by atoms with Crippen molar-refractivity contribution in [1.82, 2.24) is 15.6 Å². The van der Waals surface area contributed by atoms with Crippen LogP contribution in [0, 0.1) is 0 Å². The third-order valence-corrected chi connectivity index (χ3v) is 5.05. The van der Waals surface area contributed by atoms with E-state index < -0.39 is 0 Å². The van der Waals surface area contributed by atoms with Crippen LogP contribution < -0.4 is 10.6 Å². The van der Waals surface area contributed by atoms with Gasteiger partial charge in [0, 0.05) is 57.1 Å². The molecule has 0 radical (unpaired) electrons. The predicted molar refractivity (Wildman–Crippen MR) is 105 cm³/mol. The Balaban J connectivity index is 1.57. The maximum Gasteiger partial charge on any atom is 0.191 e. The topological polar surface area (TPSA) is 58.5 Å². The zero-order valence-corrected chi connectivity index (χ0v) is 15.4. The molecule has 1 fully saturated rings. The number of nitrogens with zero attached hydrogens (tertiary/aromatic N) is 2. The molecule has 2 aromatic rings. The quantitative estimate of drug-likeness (QED) is 0.620. The van der Waals surface area contributed by atoms with Crippen LogP contribution in [0.3, 0.4) is 0 Å². The van der Waals surface area contributed by atoms with E-state index in [0.717, 1.165) is 57.2 Å². The molecule has 0 unspecified atom stereocenters. The molecule has 138 valence electrons. The molecular formula is C21H28N4O. The highest BCUT2D eigenvalue weighted by atomic mass is 16.5. The molecule has 2 N–H and O–H groups in total. The van der Waals surface area contributed by atoms with Crippen molar-refractivity contribution in [3.63, 3.8) is 0 Å². The number of hydrogen-bond donors (Lipinski definition) is 2. The Morgan fingerprint density at radius 2 is 1.85 bits per heavy atom. The van der Waals surface area contributed by atoms with Crippen LogP contribution in [0.2, 0.25) is 0 Å². The molecule has 0 atom stereocenters. The van der Waals surface area contributed by atoms with Crippen molar-refractivity contribution in [1.29, 1.82) is 0 Å². The molecule has 1 aromatic carbocycles. The van der Waals surface area contributed by atoms with Gasteiger partial charge in [-0.2, -0.15) is 0 Å². The Morgan fingerprint density at radius 1 is 1.08 bits per heavy atom. The van der Waals surface area contributed by atoms with Gasteiger partial charge in [0.15, 0.2) is 5.96 Å². The van der Waals surface area contributed by atoms with Gasteiger partial charge < -0.3 is 15.4 Å². The minimum atomic E-state index is 0.0954. The number of rotatable bonds is 6. The van der Waals surface area contributed by atoms with Crippen molar-refractivity contribution in [3.05, 3.63) is 66.0 Å². The summed E-state index contributed by atoms with van der Waals surface area (Å²) in [6, 6.07) is 16.8. The Bertz CT molecular complexity index is 682. The molecule has 0 amide bonds. The van der Waals surface area contributed by atoms with Gasteiger partial charge in [0.2, 0.25) is 0 Å². The average Bonchev–Trinajstić information content (AvgIpc) is 2.72. The normalized spacial score (nSPS) is 16.9. The van der Waals surface area contributed by atoms with E-state index in [1.165, 1.54) is 5.56 Å². The second-order valence-corrected chi connectivity index (χ2v) is 6.68. The zero-order chi connectivity index (χ0) is 18.1. The molecule has 1 saturated heterocycles. The van der Waals surface area contributed by atoms with Crippen LogP contribution in [0.25, 0.3) is 0 Å². The molecule has 3 rings (SSSR count). The van der Waals surface area contributed by atoms with E-state index >= 15 is 0 Å². The molecule has 0 bridgehead atoms. The minimum absolute atomic E-state index is 0.0954. The zero-order valence-electron chi connectivity index (χ0n) is 15.4. The van der Waals surface area contributed by atoms with Gasteiger partial charge >= 0.3 is 0 Å². The molecule has 5 nitrogen and oxygen atoms in total. The Labute approximate surface area is 155 Å². The first kappa shape index (κ1) is 18.4. The van der Waals surface area contributed by atoms with E-state index in [-0.39, 0.29) is 5.41 Å². The lowest BCUT2D eigenvalue weighted by molar-refractivity contribution is 0.0514. The van der Waals surface area contributed by atoms with E-state index in [0.29, 0.717) is 0 Å². The first-order chi connectivity index (χ1) is 12.8. The van der Waals surface area contributed by atoms with Crippen molar-refractivity contribution in [3.8, 4) is 0 Å². The van der Waals surface area contributed by atoms with Gasteiger partial charge in [-0.3, -0.25) is 9.98 Å². The average molecular weight is 352 g/mol. The summed E-state index contributed by atoms with van der Waals surface area (Å²) in [5, 5.41) is 6.92. The van der Waals surface area contributed by atoms with Gasteiger partial charge in [0.05, 0.1) is 0 Å². The second-order valence-electron chi connectivity index (χ2n) is 6.68. The van der Waals surface area contributed by atoms with E-state index in [1.54, 1.807) is 0 Å². The van der Waals surface area contributed by atoms with Gasteiger partial charge in [0.1, 0.15) is 0 Å². The number of guanidine groups is 1. The highest BCUT2D eigenvalue weighted by molar-refractivity contribution is 5.79. The number of benzene rings is 1. The first-order valence-corrected chi connectivity index (χ1v) is 9.30. The largest absolute Gasteiger partial charge is 0.381 e. The van der Waals surface area contributed by atoms with Crippen LogP contribution >= 0.6 is 0 Å². The van der Waals surface area contributed by atoms with Crippen molar-refractivity contribution in [2.24, 2.45) is 4.99 Å². The number of nitrogens with one attached hydrogen (secondary N) is 2. The number of pyridine rings is 1. The fourth-order valence-corrected chi connectivity index (χ4v) is 3.45. The third-order valence-electron chi connectivity index (χ3n) is 5.05. The van der Waals surface area contributed by atoms with Crippen LogP contribution in [0.15, 0.2) is 59.7 Å². The molecule has 0 saturated carbocycles. The molecule has 26 heavy (non-hydrogen) atoms. The summed E-state index contributed by atoms with van der Waals surface area (Å²) in [6.45, 7) is 3.27. The molecule has 2 heterocycles. The summed E-state index contributed by atoms with van der Waals surface area (Å²) < 4.78 is 5.61. The predicted octanol–water partition coefficient (Wildman–Crippen LogP) is 2.54. The lowest BCUT2D eigenvalue weighted by Crippen LogP contribution is -2.48. The van der Waals surface area contributed by atoms with Crippen molar-refractivity contribution in [2.45, 2.75) is 24.7 Å². The SMILES string of the molecule is CN=C(NCCc1ccccn1)NCC1(c2ccccc2)CCOCC1. The fourth-order valence-electron chi connectivity index (χ4n) is 3.45. The highest BCUT2D eigenvalue weighted by Gasteiger charge is 2.34. The van der Waals surface area contributed by atoms with Crippen LogP contribution in [0.4, 0.5) is 0 Å². The molecular weight excluding hydrogens is 324 g/mol. The Morgan fingerprint density at radius 3 is 2.54 bits per heavy atom. The summed E-state index contributed by atoms with van der Waals surface area (Å²) in [7, 11) is 1.81. The number of aliphatic imine (C=N–C) groups is 1. The van der Waals surface area contributed by atoms with Crippen LogP contribution in [0.5, 0.6) is 0 Å². The van der Waals surface area contributed by atoms with E-state index in [9.17, 15) is 0 Å². The van der Waals surface area contributed by atoms with Gasteiger partial charge in [0.25, 0.3) is 0 Å². The van der Waals surface area contributed by atoms with Gasteiger partial charge in [-0.25, -0.2) is 0 Å². The standard InChI is InChI=1S/C21H28N4O/c1-22-20(24-14-10-19-9-5-6-13-23-19)25-17-21(11-15-26-16-12-21)18-7-3-2-4-8-18/h2-9,13H,10-12,14-17H2,1H3,(H2,22,24,25). The fraction of sp³-hybridized carbons (Fsp3) is 0.429.